The van der Waals surface area contributed by atoms with E-state index in [-0.39, 0.29) is 17.8 Å². The number of aliphatic hydroxyl groups excluding tert-OH is 1. The van der Waals surface area contributed by atoms with Gasteiger partial charge in [0.1, 0.15) is 0 Å². The summed E-state index contributed by atoms with van der Waals surface area (Å²) in [6.45, 7) is 2.52. The number of methoxy groups -OCH3 is 1. The van der Waals surface area contributed by atoms with Crippen molar-refractivity contribution < 1.29 is 19.4 Å². The van der Waals surface area contributed by atoms with Crippen LogP contribution in [0.1, 0.15) is 26.2 Å². The maximum absolute atomic E-state index is 11.1. The van der Waals surface area contributed by atoms with Crippen molar-refractivity contribution in [2.45, 2.75) is 32.5 Å². The number of ether oxygens (including phenoxy) is 2. The maximum Gasteiger partial charge on any atom is 0.305 e. The first-order valence-electron chi connectivity index (χ1n) is 5.05. The fraction of sp³-hybridized carbons (Fsp3) is 0.900. The van der Waals surface area contributed by atoms with Crippen LogP contribution < -0.4 is 0 Å². The molecule has 0 radical (unpaired) electrons. The van der Waals surface area contributed by atoms with E-state index in [9.17, 15) is 9.90 Å². The van der Waals surface area contributed by atoms with Gasteiger partial charge in [-0.05, 0) is 18.8 Å². The molecular weight excluding hydrogens is 184 g/mol. The van der Waals surface area contributed by atoms with Crippen LogP contribution in [-0.4, -0.2) is 31.1 Å². The summed E-state index contributed by atoms with van der Waals surface area (Å²) in [7, 11) is 1.39. The summed E-state index contributed by atoms with van der Waals surface area (Å²) >= 11 is 0. The average molecular weight is 202 g/mol. The van der Waals surface area contributed by atoms with Crippen LogP contribution in [0.2, 0.25) is 0 Å². The Bertz CT molecular complexity index is 193. The first kappa shape index (κ1) is 11.5. The van der Waals surface area contributed by atoms with Gasteiger partial charge in [-0.3, -0.25) is 4.79 Å². The monoisotopic (exact) mass is 202 g/mol. The molecule has 4 nitrogen and oxygen atoms in total. The highest BCUT2D eigenvalue weighted by Crippen LogP contribution is 2.31. The van der Waals surface area contributed by atoms with Crippen molar-refractivity contribution in [2.75, 3.05) is 13.7 Å². The molecule has 1 aliphatic heterocycles. The van der Waals surface area contributed by atoms with Crippen LogP contribution in [0.25, 0.3) is 0 Å². The van der Waals surface area contributed by atoms with Crippen LogP contribution in [0.4, 0.5) is 0 Å². The minimum Gasteiger partial charge on any atom is -0.469 e. The van der Waals surface area contributed by atoms with Crippen LogP contribution >= 0.6 is 0 Å². The van der Waals surface area contributed by atoms with E-state index in [1.165, 1.54) is 7.11 Å². The van der Waals surface area contributed by atoms with Gasteiger partial charge >= 0.3 is 5.97 Å². The molecule has 0 bridgehead atoms. The second-order valence-corrected chi connectivity index (χ2v) is 3.66. The lowest BCUT2D eigenvalue weighted by Crippen LogP contribution is -2.37. The molecule has 0 spiro atoms. The molecule has 1 saturated heterocycles. The largest absolute Gasteiger partial charge is 0.469 e. The van der Waals surface area contributed by atoms with Gasteiger partial charge in [0, 0.05) is 12.3 Å². The van der Waals surface area contributed by atoms with Crippen molar-refractivity contribution in [2.24, 2.45) is 11.8 Å². The minimum atomic E-state index is -0.719. The molecule has 0 aliphatic carbocycles. The second kappa shape index (κ2) is 5.32. The fourth-order valence-electron chi connectivity index (χ4n) is 2.00. The zero-order chi connectivity index (χ0) is 10.6. The van der Waals surface area contributed by atoms with Crippen molar-refractivity contribution in [1.29, 1.82) is 0 Å². The Balaban J connectivity index is 2.51. The lowest BCUT2D eigenvalue weighted by atomic mass is 9.83. The van der Waals surface area contributed by atoms with Gasteiger partial charge in [-0.2, -0.15) is 0 Å². The van der Waals surface area contributed by atoms with Crippen molar-refractivity contribution in [1.82, 2.24) is 0 Å². The van der Waals surface area contributed by atoms with Crippen LogP contribution in [0.3, 0.4) is 0 Å². The van der Waals surface area contributed by atoms with Crippen molar-refractivity contribution in [3.8, 4) is 0 Å². The summed E-state index contributed by atoms with van der Waals surface area (Å²) in [6.07, 6.45) is 1.31. The number of hydrogen-bond acceptors (Lipinski definition) is 4. The Morgan fingerprint density at radius 3 is 2.93 bits per heavy atom. The molecule has 1 unspecified atom stereocenters. The Morgan fingerprint density at radius 1 is 1.64 bits per heavy atom. The third-order valence-corrected chi connectivity index (χ3v) is 2.88. The van der Waals surface area contributed by atoms with E-state index in [1.54, 1.807) is 0 Å². The smallest absolute Gasteiger partial charge is 0.305 e. The number of esters is 1. The van der Waals surface area contributed by atoms with Gasteiger partial charge in [0.25, 0.3) is 0 Å². The molecule has 14 heavy (non-hydrogen) atoms. The number of aliphatic hydroxyl groups is 1. The maximum atomic E-state index is 11.1. The highest BCUT2D eigenvalue weighted by atomic mass is 16.6. The molecule has 82 valence electrons. The van der Waals surface area contributed by atoms with E-state index in [0.29, 0.717) is 13.0 Å². The summed E-state index contributed by atoms with van der Waals surface area (Å²) in [5.74, 6) is 0.0431. The Labute approximate surface area is 84.2 Å². The highest BCUT2D eigenvalue weighted by molar-refractivity contribution is 5.69. The number of hydrogen-bond donors (Lipinski definition) is 1. The van der Waals surface area contributed by atoms with Crippen molar-refractivity contribution in [3.05, 3.63) is 0 Å². The van der Waals surface area contributed by atoms with E-state index in [4.69, 9.17) is 4.74 Å². The van der Waals surface area contributed by atoms with Gasteiger partial charge in [-0.25, -0.2) is 0 Å². The standard InChI is InChI=1S/C10H18O4/c1-3-8-7(6-9(11)13-2)4-5-14-10(8)12/h7-8,10,12H,3-6H2,1-2H3/t7-,8+,10?/m0/s1. The van der Waals surface area contributed by atoms with Gasteiger partial charge in [0.05, 0.1) is 13.7 Å². The molecule has 0 aromatic carbocycles. The van der Waals surface area contributed by atoms with E-state index >= 15 is 0 Å². The summed E-state index contributed by atoms with van der Waals surface area (Å²) in [5, 5.41) is 9.55. The molecule has 0 aromatic heterocycles. The normalized spacial score (nSPS) is 32.6. The van der Waals surface area contributed by atoms with E-state index in [2.05, 4.69) is 4.74 Å². The third-order valence-electron chi connectivity index (χ3n) is 2.88. The molecule has 1 heterocycles. The van der Waals surface area contributed by atoms with Crippen molar-refractivity contribution in [3.63, 3.8) is 0 Å². The zero-order valence-electron chi connectivity index (χ0n) is 8.73. The summed E-state index contributed by atoms with van der Waals surface area (Å²) in [5.41, 5.74) is 0. The fourth-order valence-corrected chi connectivity index (χ4v) is 2.00. The number of rotatable bonds is 3. The molecule has 0 aromatic rings. The van der Waals surface area contributed by atoms with Crippen LogP contribution in [-0.2, 0) is 14.3 Å². The molecule has 1 fully saturated rings. The quantitative estimate of drug-likeness (QED) is 0.692. The lowest BCUT2D eigenvalue weighted by Gasteiger charge is -2.34. The average Bonchev–Trinajstić information content (AvgIpc) is 2.18. The van der Waals surface area contributed by atoms with E-state index in [1.807, 2.05) is 6.92 Å². The first-order chi connectivity index (χ1) is 6.69. The molecule has 4 heteroatoms. The zero-order valence-corrected chi connectivity index (χ0v) is 8.73. The predicted octanol–water partition coefficient (Wildman–Crippen LogP) is 0.931. The molecular formula is C10H18O4. The molecule has 0 amide bonds. The van der Waals surface area contributed by atoms with Gasteiger partial charge in [0.2, 0.25) is 0 Å². The predicted molar refractivity (Wildman–Crippen MR) is 50.5 cm³/mol. The van der Waals surface area contributed by atoms with Crippen LogP contribution in [0, 0.1) is 11.8 Å². The summed E-state index contributed by atoms with van der Waals surface area (Å²) in [6, 6.07) is 0. The topological polar surface area (TPSA) is 55.8 Å². The van der Waals surface area contributed by atoms with Crippen molar-refractivity contribution >= 4 is 5.97 Å². The Kier molecular flexibility index (Phi) is 4.35. The number of carbonyl (C=O) groups is 1. The minimum absolute atomic E-state index is 0.0582. The second-order valence-electron chi connectivity index (χ2n) is 3.66. The molecule has 1 N–H and O–H groups in total. The van der Waals surface area contributed by atoms with Crippen LogP contribution in [0.5, 0.6) is 0 Å². The molecule has 3 atom stereocenters. The number of carbonyl (C=O) groups excluding carboxylic acids is 1. The van der Waals surface area contributed by atoms with Crippen LogP contribution in [0.15, 0.2) is 0 Å². The SMILES string of the molecule is CC[C@H]1C(O)OCC[C@H]1CC(=O)OC. The summed E-state index contributed by atoms with van der Waals surface area (Å²) in [4.78, 5) is 11.1. The van der Waals surface area contributed by atoms with Gasteiger partial charge in [-0.1, -0.05) is 6.92 Å². The summed E-state index contributed by atoms with van der Waals surface area (Å²) < 4.78 is 9.75. The Hall–Kier alpha value is -0.610. The highest BCUT2D eigenvalue weighted by Gasteiger charge is 2.33. The molecule has 1 aliphatic rings. The van der Waals surface area contributed by atoms with Gasteiger partial charge in [-0.15, -0.1) is 0 Å². The molecule has 0 saturated carbocycles. The van der Waals surface area contributed by atoms with E-state index < -0.39 is 6.29 Å². The third kappa shape index (κ3) is 2.69. The van der Waals surface area contributed by atoms with E-state index in [0.717, 1.165) is 12.8 Å². The van der Waals surface area contributed by atoms with Gasteiger partial charge < -0.3 is 14.6 Å². The van der Waals surface area contributed by atoms with Gasteiger partial charge in [0.15, 0.2) is 6.29 Å². The lowest BCUT2D eigenvalue weighted by molar-refractivity contribution is -0.182. The Morgan fingerprint density at radius 2 is 2.36 bits per heavy atom. The molecule has 1 rings (SSSR count). The first-order valence-corrected chi connectivity index (χ1v) is 5.05.